The summed E-state index contributed by atoms with van der Waals surface area (Å²) in [5.41, 5.74) is 0.773. The number of nitrogens with one attached hydrogen (secondary N) is 1. The number of rotatable bonds is 3. The molecule has 1 N–H and O–H groups in total. The molecule has 3 nitrogen and oxygen atoms in total. The van der Waals surface area contributed by atoms with E-state index < -0.39 is 0 Å². The summed E-state index contributed by atoms with van der Waals surface area (Å²) >= 11 is 0. The van der Waals surface area contributed by atoms with E-state index in [2.05, 4.69) is 5.32 Å². The monoisotopic (exact) mass is 178 g/mol. The molecular formula is C10H14N2O. The minimum atomic E-state index is 0.0642. The van der Waals surface area contributed by atoms with Crippen LogP contribution in [0.5, 0.6) is 0 Å². The molecule has 0 aromatic carbocycles. The van der Waals surface area contributed by atoms with E-state index in [0.29, 0.717) is 6.04 Å². The molecule has 0 radical (unpaired) electrons. The third-order valence-corrected chi connectivity index (χ3v) is 2.32. The van der Waals surface area contributed by atoms with Gasteiger partial charge >= 0.3 is 0 Å². The zero-order valence-corrected chi connectivity index (χ0v) is 7.79. The summed E-state index contributed by atoms with van der Waals surface area (Å²) in [4.78, 5) is 11.6. The molecule has 1 aromatic rings. The van der Waals surface area contributed by atoms with Gasteiger partial charge in [-0.05, 0) is 31.9 Å². The molecule has 0 spiro atoms. The Morgan fingerprint density at radius 1 is 1.69 bits per heavy atom. The first-order valence-electron chi connectivity index (χ1n) is 4.77. The fourth-order valence-electron chi connectivity index (χ4n) is 1.38. The number of carbonyl (C=O) groups excluding carboxylic acids is 1. The fraction of sp³-hybridized carbons (Fsp3) is 0.500. The Morgan fingerprint density at radius 2 is 2.46 bits per heavy atom. The van der Waals surface area contributed by atoms with Crippen LogP contribution in [0.2, 0.25) is 0 Å². The van der Waals surface area contributed by atoms with E-state index in [1.807, 2.05) is 29.8 Å². The lowest BCUT2D eigenvalue weighted by Crippen LogP contribution is -2.27. The Bertz CT molecular complexity index is 312. The van der Waals surface area contributed by atoms with Crippen LogP contribution in [0.25, 0.3) is 0 Å². The Hall–Kier alpha value is -1.25. The standard InChI is InChI=1S/C10H14N2O/c1-2-12-7-3-4-9(12)10(13)11-8-5-6-8/h3-4,7-8H,2,5-6H2,1H3,(H,11,13). The van der Waals surface area contributed by atoms with Crippen molar-refractivity contribution in [3.8, 4) is 0 Å². The van der Waals surface area contributed by atoms with Gasteiger partial charge in [0.15, 0.2) is 0 Å². The van der Waals surface area contributed by atoms with Crippen molar-refractivity contribution in [1.82, 2.24) is 9.88 Å². The van der Waals surface area contributed by atoms with Crippen LogP contribution in [-0.4, -0.2) is 16.5 Å². The van der Waals surface area contributed by atoms with Crippen molar-refractivity contribution in [2.45, 2.75) is 32.4 Å². The predicted molar refractivity (Wildman–Crippen MR) is 50.6 cm³/mol. The molecule has 70 valence electrons. The van der Waals surface area contributed by atoms with Gasteiger partial charge in [0.25, 0.3) is 5.91 Å². The van der Waals surface area contributed by atoms with Crippen molar-refractivity contribution in [3.05, 3.63) is 24.0 Å². The summed E-state index contributed by atoms with van der Waals surface area (Å²) in [6.07, 6.45) is 4.21. The largest absolute Gasteiger partial charge is 0.348 e. The van der Waals surface area contributed by atoms with Gasteiger partial charge in [0.2, 0.25) is 0 Å². The highest BCUT2D eigenvalue weighted by molar-refractivity contribution is 5.93. The van der Waals surface area contributed by atoms with Gasteiger partial charge in [-0.15, -0.1) is 0 Å². The van der Waals surface area contributed by atoms with Crippen molar-refractivity contribution in [2.75, 3.05) is 0 Å². The second kappa shape index (κ2) is 3.24. The fourth-order valence-corrected chi connectivity index (χ4v) is 1.38. The average Bonchev–Trinajstić information content (AvgIpc) is 2.82. The van der Waals surface area contributed by atoms with Gasteiger partial charge in [0, 0.05) is 18.8 Å². The first kappa shape index (κ1) is 8.35. The number of nitrogens with zero attached hydrogens (tertiary/aromatic N) is 1. The molecular weight excluding hydrogens is 164 g/mol. The van der Waals surface area contributed by atoms with E-state index in [4.69, 9.17) is 0 Å². The van der Waals surface area contributed by atoms with Crippen molar-refractivity contribution < 1.29 is 4.79 Å². The van der Waals surface area contributed by atoms with Crippen LogP contribution in [0.15, 0.2) is 18.3 Å². The number of carbonyl (C=O) groups is 1. The summed E-state index contributed by atoms with van der Waals surface area (Å²) < 4.78 is 1.96. The highest BCUT2D eigenvalue weighted by atomic mass is 16.2. The lowest BCUT2D eigenvalue weighted by molar-refractivity contribution is 0.0942. The van der Waals surface area contributed by atoms with Gasteiger partial charge in [-0.25, -0.2) is 0 Å². The molecule has 3 heteroatoms. The normalized spacial score (nSPS) is 15.8. The van der Waals surface area contributed by atoms with Gasteiger partial charge in [-0.3, -0.25) is 4.79 Å². The molecule has 0 bridgehead atoms. The summed E-state index contributed by atoms with van der Waals surface area (Å²) in [7, 11) is 0. The molecule has 1 saturated carbocycles. The Balaban J connectivity index is 2.08. The molecule has 1 fully saturated rings. The molecule has 1 aromatic heterocycles. The summed E-state index contributed by atoms with van der Waals surface area (Å²) in [5, 5.41) is 2.97. The van der Waals surface area contributed by atoms with Gasteiger partial charge in [-0.1, -0.05) is 0 Å². The van der Waals surface area contributed by atoms with E-state index in [1.165, 1.54) is 0 Å². The van der Waals surface area contributed by atoms with E-state index >= 15 is 0 Å². The average molecular weight is 178 g/mol. The lowest BCUT2D eigenvalue weighted by atomic mass is 10.4. The predicted octanol–water partition coefficient (Wildman–Crippen LogP) is 1.40. The molecule has 1 amide bonds. The summed E-state index contributed by atoms with van der Waals surface area (Å²) in [5.74, 6) is 0.0642. The molecule has 2 rings (SSSR count). The van der Waals surface area contributed by atoms with Gasteiger partial charge < -0.3 is 9.88 Å². The molecule has 0 unspecified atom stereocenters. The Morgan fingerprint density at radius 3 is 3.08 bits per heavy atom. The highest BCUT2D eigenvalue weighted by Gasteiger charge is 2.24. The van der Waals surface area contributed by atoms with Crippen molar-refractivity contribution in [1.29, 1.82) is 0 Å². The minimum Gasteiger partial charge on any atom is -0.348 e. The van der Waals surface area contributed by atoms with Crippen molar-refractivity contribution in [2.24, 2.45) is 0 Å². The molecule has 1 aliphatic rings. The molecule has 0 atom stereocenters. The Kier molecular flexibility index (Phi) is 2.08. The molecule has 0 saturated heterocycles. The van der Waals surface area contributed by atoms with Gasteiger partial charge in [0.1, 0.15) is 5.69 Å². The maximum atomic E-state index is 11.6. The first-order chi connectivity index (χ1) is 6.31. The van der Waals surface area contributed by atoms with Crippen LogP contribution in [0.1, 0.15) is 30.3 Å². The SMILES string of the molecule is CCn1cccc1C(=O)NC1CC1. The van der Waals surface area contributed by atoms with E-state index in [-0.39, 0.29) is 5.91 Å². The molecule has 13 heavy (non-hydrogen) atoms. The third kappa shape index (κ3) is 1.74. The van der Waals surface area contributed by atoms with Crippen LogP contribution in [-0.2, 0) is 6.54 Å². The van der Waals surface area contributed by atoms with E-state index in [0.717, 1.165) is 25.1 Å². The number of aromatic nitrogens is 1. The number of amides is 1. The number of aryl methyl sites for hydroxylation is 1. The first-order valence-corrected chi connectivity index (χ1v) is 4.77. The van der Waals surface area contributed by atoms with Crippen LogP contribution in [0, 0.1) is 0 Å². The smallest absolute Gasteiger partial charge is 0.268 e. The quantitative estimate of drug-likeness (QED) is 0.745. The number of hydrogen-bond donors (Lipinski definition) is 1. The zero-order chi connectivity index (χ0) is 9.26. The maximum absolute atomic E-state index is 11.6. The summed E-state index contributed by atoms with van der Waals surface area (Å²) in [6, 6.07) is 4.21. The zero-order valence-electron chi connectivity index (χ0n) is 7.79. The lowest BCUT2D eigenvalue weighted by Gasteiger charge is -2.06. The second-order valence-corrected chi connectivity index (χ2v) is 3.43. The van der Waals surface area contributed by atoms with Crippen LogP contribution in [0.4, 0.5) is 0 Å². The van der Waals surface area contributed by atoms with Gasteiger partial charge in [-0.2, -0.15) is 0 Å². The maximum Gasteiger partial charge on any atom is 0.268 e. The molecule has 1 heterocycles. The van der Waals surface area contributed by atoms with Crippen molar-refractivity contribution in [3.63, 3.8) is 0 Å². The minimum absolute atomic E-state index is 0.0642. The van der Waals surface area contributed by atoms with Crippen molar-refractivity contribution >= 4 is 5.91 Å². The van der Waals surface area contributed by atoms with Crippen LogP contribution in [0.3, 0.4) is 0 Å². The van der Waals surface area contributed by atoms with E-state index in [1.54, 1.807) is 0 Å². The second-order valence-electron chi connectivity index (χ2n) is 3.43. The van der Waals surface area contributed by atoms with E-state index in [9.17, 15) is 4.79 Å². The summed E-state index contributed by atoms with van der Waals surface area (Å²) in [6.45, 7) is 2.88. The third-order valence-electron chi connectivity index (χ3n) is 2.32. The molecule has 0 aliphatic heterocycles. The van der Waals surface area contributed by atoms with Crippen LogP contribution < -0.4 is 5.32 Å². The molecule has 1 aliphatic carbocycles. The van der Waals surface area contributed by atoms with Gasteiger partial charge in [0.05, 0.1) is 0 Å². The Labute approximate surface area is 77.7 Å². The van der Waals surface area contributed by atoms with Crippen LogP contribution >= 0.6 is 0 Å². The highest BCUT2D eigenvalue weighted by Crippen LogP contribution is 2.19. The topological polar surface area (TPSA) is 34.0 Å². The number of hydrogen-bond acceptors (Lipinski definition) is 1.